The molecular weight excluding hydrogens is 402 g/mol. The fourth-order valence-electron chi connectivity index (χ4n) is 1.96. The van der Waals surface area contributed by atoms with Crippen molar-refractivity contribution in [2.24, 2.45) is 0 Å². The largest absolute Gasteiger partial charge is 0.308 e. The van der Waals surface area contributed by atoms with Crippen LogP contribution >= 0.6 is 35.0 Å². The summed E-state index contributed by atoms with van der Waals surface area (Å²) in [4.78, 5) is 16.4. The molecule has 7 nitrogen and oxygen atoms in total. The predicted molar refractivity (Wildman–Crippen MR) is 97.3 cm³/mol. The third-order valence-electron chi connectivity index (χ3n) is 3.19. The van der Waals surface area contributed by atoms with Crippen LogP contribution in [0.4, 0.5) is 10.2 Å². The van der Waals surface area contributed by atoms with Gasteiger partial charge in [-0.3, -0.25) is 4.79 Å². The molecular formula is C15H11Cl2FN6OS. The normalized spacial score (nSPS) is 12.0. The van der Waals surface area contributed by atoms with Gasteiger partial charge in [0, 0.05) is 6.20 Å². The average molecular weight is 413 g/mol. The van der Waals surface area contributed by atoms with Gasteiger partial charge in [0.15, 0.2) is 5.82 Å². The Kier molecular flexibility index (Phi) is 5.70. The van der Waals surface area contributed by atoms with Crippen molar-refractivity contribution in [3.63, 3.8) is 0 Å². The van der Waals surface area contributed by atoms with Crippen LogP contribution in [0.5, 0.6) is 0 Å². The van der Waals surface area contributed by atoms with E-state index in [1.165, 1.54) is 29.1 Å². The van der Waals surface area contributed by atoms with Crippen LogP contribution in [0.25, 0.3) is 5.69 Å². The molecule has 3 aromatic rings. The van der Waals surface area contributed by atoms with Crippen molar-refractivity contribution in [2.75, 3.05) is 5.32 Å². The third-order valence-corrected chi connectivity index (χ3v) is 4.72. The molecule has 1 aromatic carbocycles. The summed E-state index contributed by atoms with van der Waals surface area (Å²) in [5.41, 5.74) is 0.451. The van der Waals surface area contributed by atoms with Crippen LogP contribution in [-0.4, -0.2) is 36.3 Å². The van der Waals surface area contributed by atoms with Crippen LogP contribution < -0.4 is 5.32 Å². The van der Waals surface area contributed by atoms with Crippen LogP contribution in [0.3, 0.4) is 0 Å². The number of carbonyl (C=O) groups excluding carboxylic acids is 1. The molecule has 0 aliphatic rings. The summed E-state index contributed by atoms with van der Waals surface area (Å²) in [6.45, 7) is 1.68. The van der Waals surface area contributed by atoms with Crippen LogP contribution in [0, 0.1) is 5.82 Å². The average Bonchev–Trinajstić information content (AvgIpc) is 3.05. The van der Waals surface area contributed by atoms with E-state index in [9.17, 15) is 9.18 Å². The maximum Gasteiger partial charge on any atom is 0.238 e. The van der Waals surface area contributed by atoms with Crippen LogP contribution in [0.2, 0.25) is 10.0 Å². The van der Waals surface area contributed by atoms with Gasteiger partial charge in [-0.05, 0) is 41.6 Å². The predicted octanol–water partition coefficient (Wildman–Crippen LogP) is 3.62. The standard InChI is InChI=1S/C15H11Cl2FN6OS/c1-8(14(25)20-13-12(17)5-9(16)7-19-13)26-15-21-22-23-24(15)11-4-2-3-10(18)6-11/h2-8H,1H3,(H,19,20,25)/t8-/m1/s1. The Morgan fingerprint density at radius 2 is 2.15 bits per heavy atom. The Bertz CT molecular complexity index is 953. The molecule has 2 aromatic heterocycles. The van der Waals surface area contributed by atoms with E-state index in [0.717, 1.165) is 11.8 Å². The highest BCUT2D eigenvalue weighted by molar-refractivity contribution is 8.00. The molecule has 0 unspecified atom stereocenters. The molecule has 0 spiro atoms. The number of halogens is 3. The summed E-state index contributed by atoms with van der Waals surface area (Å²) in [7, 11) is 0. The molecule has 0 fully saturated rings. The van der Waals surface area contributed by atoms with Crippen molar-refractivity contribution in [1.29, 1.82) is 0 Å². The molecule has 26 heavy (non-hydrogen) atoms. The van der Waals surface area contributed by atoms with Crippen molar-refractivity contribution in [3.8, 4) is 5.69 Å². The van der Waals surface area contributed by atoms with E-state index in [-0.39, 0.29) is 16.7 Å². The maximum atomic E-state index is 13.4. The lowest BCUT2D eigenvalue weighted by atomic mass is 10.3. The second kappa shape index (κ2) is 7.98. The highest BCUT2D eigenvalue weighted by Crippen LogP contribution is 2.26. The number of benzene rings is 1. The Balaban J connectivity index is 1.73. The molecule has 3 rings (SSSR count). The van der Waals surface area contributed by atoms with E-state index in [2.05, 4.69) is 25.8 Å². The summed E-state index contributed by atoms with van der Waals surface area (Å²) in [6, 6.07) is 7.30. The van der Waals surface area contributed by atoms with Gasteiger partial charge in [0.25, 0.3) is 0 Å². The molecule has 1 N–H and O–H groups in total. The fraction of sp³-hybridized carbons (Fsp3) is 0.133. The smallest absolute Gasteiger partial charge is 0.238 e. The monoisotopic (exact) mass is 412 g/mol. The third kappa shape index (κ3) is 4.29. The molecule has 11 heteroatoms. The number of nitrogens with zero attached hydrogens (tertiary/aromatic N) is 5. The quantitative estimate of drug-likeness (QED) is 0.643. The number of carbonyl (C=O) groups is 1. The molecule has 0 aliphatic heterocycles. The second-order valence-electron chi connectivity index (χ2n) is 5.09. The number of thioether (sulfide) groups is 1. The minimum absolute atomic E-state index is 0.207. The molecule has 0 saturated heterocycles. The zero-order valence-corrected chi connectivity index (χ0v) is 15.6. The van der Waals surface area contributed by atoms with Crippen molar-refractivity contribution >= 4 is 46.7 Å². The topological polar surface area (TPSA) is 85.6 Å². The lowest BCUT2D eigenvalue weighted by Gasteiger charge is -2.12. The number of aromatic nitrogens is 5. The first-order valence-electron chi connectivity index (χ1n) is 7.27. The summed E-state index contributed by atoms with van der Waals surface area (Å²) in [5.74, 6) is -0.554. The maximum absolute atomic E-state index is 13.4. The van der Waals surface area contributed by atoms with Gasteiger partial charge in [-0.2, -0.15) is 4.68 Å². The first-order valence-corrected chi connectivity index (χ1v) is 8.90. The molecule has 134 valence electrons. The highest BCUT2D eigenvalue weighted by atomic mass is 35.5. The number of rotatable bonds is 5. The Hall–Kier alpha value is -2.23. The van der Waals surface area contributed by atoms with Crippen LogP contribution in [0.15, 0.2) is 41.7 Å². The van der Waals surface area contributed by atoms with Crippen LogP contribution in [0.1, 0.15) is 6.92 Å². The lowest BCUT2D eigenvalue weighted by molar-refractivity contribution is -0.115. The first-order chi connectivity index (χ1) is 12.4. The van der Waals surface area contributed by atoms with E-state index in [1.807, 2.05) is 0 Å². The van der Waals surface area contributed by atoms with Gasteiger partial charge in [-0.1, -0.05) is 41.0 Å². The number of hydrogen-bond donors (Lipinski definition) is 1. The number of nitrogens with one attached hydrogen (secondary N) is 1. The summed E-state index contributed by atoms with van der Waals surface area (Å²) < 4.78 is 14.8. The van der Waals surface area contributed by atoms with Crippen molar-refractivity contribution in [1.82, 2.24) is 25.2 Å². The fourth-order valence-corrected chi connectivity index (χ4v) is 3.19. The van der Waals surface area contributed by atoms with Gasteiger partial charge >= 0.3 is 0 Å². The highest BCUT2D eigenvalue weighted by Gasteiger charge is 2.20. The minimum Gasteiger partial charge on any atom is -0.308 e. The molecule has 1 amide bonds. The zero-order chi connectivity index (χ0) is 18.7. The van der Waals surface area contributed by atoms with E-state index in [0.29, 0.717) is 15.9 Å². The van der Waals surface area contributed by atoms with Gasteiger partial charge in [0.05, 0.1) is 21.0 Å². The minimum atomic E-state index is -0.568. The number of anilines is 1. The van der Waals surface area contributed by atoms with E-state index in [1.54, 1.807) is 19.1 Å². The van der Waals surface area contributed by atoms with Crippen molar-refractivity contribution in [3.05, 3.63) is 52.4 Å². The lowest BCUT2D eigenvalue weighted by Crippen LogP contribution is -2.23. The van der Waals surface area contributed by atoms with Gasteiger partial charge in [-0.15, -0.1) is 5.10 Å². The van der Waals surface area contributed by atoms with Crippen molar-refractivity contribution in [2.45, 2.75) is 17.3 Å². The molecule has 0 radical (unpaired) electrons. The molecule has 0 saturated carbocycles. The van der Waals surface area contributed by atoms with E-state index in [4.69, 9.17) is 23.2 Å². The van der Waals surface area contributed by atoms with Gasteiger partial charge in [-0.25, -0.2) is 9.37 Å². The number of amides is 1. The summed E-state index contributed by atoms with van der Waals surface area (Å²) >= 11 is 12.9. The van der Waals surface area contributed by atoms with E-state index >= 15 is 0 Å². The Morgan fingerprint density at radius 1 is 1.35 bits per heavy atom. The molecule has 0 bridgehead atoms. The molecule has 0 aliphatic carbocycles. The van der Waals surface area contributed by atoms with Gasteiger partial charge in [0.2, 0.25) is 11.1 Å². The number of hydrogen-bond acceptors (Lipinski definition) is 6. The second-order valence-corrected chi connectivity index (χ2v) is 7.24. The zero-order valence-electron chi connectivity index (χ0n) is 13.2. The molecule has 1 atom stereocenters. The van der Waals surface area contributed by atoms with Gasteiger partial charge < -0.3 is 5.32 Å². The first kappa shape index (κ1) is 18.6. The Morgan fingerprint density at radius 3 is 2.88 bits per heavy atom. The SMILES string of the molecule is C[C@@H](Sc1nnnn1-c1cccc(F)c1)C(=O)Nc1ncc(Cl)cc1Cl. The summed E-state index contributed by atoms with van der Waals surface area (Å²) in [6.07, 6.45) is 1.38. The number of pyridine rings is 1. The van der Waals surface area contributed by atoms with Crippen LogP contribution in [-0.2, 0) is 4.79 Å². The van der Waals surface area contributed by atoms with Gasteiger partial charge in [0.1, 0.15) is 5.82 Å². The van der Waals surface area contributed by atoms with E-state index < -0.39 is 11.1 Å². The Labute approximate surface area is 161 Å². The van der Waals surface area contributed by atoms with Crippen molar-refractivity contribution < 1.29 is 9.18 Å². The summed E-state index contributed by atoms with van der Waals surface area (Å²) in [5, 5.41) is 14.3. The molecule has 2 heterocycles. The number of tetrazole rings is 1.